The van der Waals surface area contributed by atoms with Gasteiger partial charge >= 0.3 is 0 Å². The predicted octanol–water partition coefficient (Wildman–Crippen LogP) is -2.07. The highest BCUT2D eigenvalue weighted by atomic mass is 16.2. The molecule has 1 aliphatic rings. The molecule has 0 aromatic heterocycles. The number of carbonyl (C=O) groups excluding carboxylic acids is 1. The first-order valence-electron chi connectivity index (χ1n) is 6.37. The molecule has 6 heteroatoms. The van der Waals surface area contributed by atoms with E-state index in [-0.39, 0.29) is 5.91 Å². The fraction of sp³-hybridized carbons (Fsp3) is 0.909. The summed E-state index contributed by atoms with van der Waals surface area (Å²) < 4.78 is 0. The highest BCUT2D eigenvalue weighted by molar-refractivity contribution is 5.78. The van der Waals surface area contributed by atoms with E-state index in [1.54, 1.807) is 0 Å². The first kappa shape index (κ1) is 14.4. The Morgan fingerprint density at radius 2 is 1.88 bits per heavy atom. The number of nitrogens with two attached hydrogens (primary N) is 2. The van der Waals surface area contributed by atoms with Gasteiger partial charge in [-0.1, -0.05) is 0 Å². The first-order chi connectivity index (χ1) is 8.27. The summed E-state index contributed by atoms with van der Waals surface area (Å²) in [5.41, 5.74) is 10.9. The lowest BCUT2D eigenvalue weighted by Crippen LogP contribution is -2.36. The van der Waals surface area contributed by atoms with Gasteiger partial charge in [0.2, 0.25) is 5.91 Å². The molecule has 1 saturated heterocycles. The molecule has 0 aromatic carbocycles. The van der Waals surface area contributed by atoms with Crippen molar-refractivity contribution >= 4 is 5.91 Å². The number of rotatable bonds is 9. The van der Waals surface area contributed by atoms with Crippen molar-refractivity contribution < 1.29 is 4.79 Å². The average Bonchev–Trinajstić information content (AvgIpc) is 2.69. The van der Waals surface area contributed by atoms with Crippen LogP contribution in [-0.2, 0) is 4.79 Å². The van der Waals surface area contributed by atoms with Gasteiger partial charge in [-0.25, -0.2) is 0 Å². The minimum atomic E-state index is 0.239. The largest absolute Gasteiger partial charge is 0.341 e. The van der Waals surface area contributed by atoms with Crippen LogP contribution in [0.2, 0.25) is 0 Å². The summed E-state index contributed by atoms with van der Waals surface area (Å²) in [5.74, 6) is 0.595. The summed E-state index contributed by atoms with van der Waals surface area (Å²) in [7, 11) is 0. The Labute approximate surface area is 103 Å². The zero-order chi connectivity index (χ0) is 12.5. The van der Waals surface area contributed by atoms with E-state index >= 15 is 0 Å². The minimum absolute atomic E-state index is 0.239. The van der Waals surface area contributed by atoms with Crippen molar-refractivity contribution in [1.82, 2.24) is 15.5 Å². The molecule has 1 fully saturated rings. The molecule has 1 heterocycles. The van der Waals surface area contributed by atoms with E-state index in [1.165, 1.54) is 0 Å². The van der Waals surface area contributed by atoms with Crippen LogP contribution in [0.5, 0.6) is 0 Å². The van der Waals surface area contributed by atoms with Crippen molar-refractivity contribution in [2.45, 2.75) is 6.42 Å². The van der Waals surface area contributed by atoms with Gasteiger partial charge in [0.05, 0.1) is 0 Å². The van der Waals surface area contributed by atoms with Crippen molar-refractivity contribution in [3.63, 3.8) is 0 Å². The Hall–Kier alpha value is -0.690. The molecule has 0 aliphatic carbocycles. The Balaban J connectivity index is 1.98. The van der Waals surface area contributed by atoms with Gasteiger partial charge in [0, 0.05) is 52.2 Å². The summed E-state index contributed by atoms with van der Waals surface area (Å²) in [6.45, 7) is 6.40. The lowest BCUT2D eigenvalue weighted by Gasteiger charge is -2.16. The number of nitrogens with one attached hydrogen (secondary N) is 2. The molecular weight excluding hydrogens is 218 g/mol. The first-order valence-corrected chi connectivity index (χ1v) is 6.37. The number of hydrogen-bond acceptors (Lipinski definition) is 5. The van der Waals surface area contributed by atoms with E-state index in [2.05, 4.69) is 10.6 Å². The SMILES string of the molecule is NCCNCCNCCN1CC(CN)CC1=O. The predicted molar refractivity (Wildman–Crippen MR) is 68.5 cm³/mol. The van der Waals surface area contributed by atoms with Crippen LogP contribution in [0.25, 0.3) is 0 Å². The molecular formula is C11H25N5O. The summed E-state index contributed by atoms with van der Waals surface area (Å²) in [4.78, 5) is 13.5. The molecule has 100 valence electrons. The molecule has 6 nitrogen and oxygen atoms in total. The molecule has 0 bridgehead atoms. The molecule has 6 N–H and O–H groups in total. The van der Waals surface area contributed by atoms with E-state index in [9.17, 15) is 4.79 Å². The van der Waals surface area contributed by atoms with Crippen LogP contribution in [0.1, 0.15) is 6.42 Å². The van der Waals surface area contributed by atoms with Crippen molar-refractivity contribution in [3.8, 4) is 0 Å². The molecule has 0 radical (unpaired) electrons. The van der Waals surface area contributed by atoms with Crippen LogP contribution < -0.4 is 22.1 Å². The Bertz CT molecular complexity index is 224. The molecule has 0 spiro atoms. The maximum atomic E-state index is 11.6. The number of nitrogens with zero attached hydrogens (tertiary/aromatic N) is 1. The topological polar surface area (TPSA) is 96.4 Å². The van der Waals surface area contributed by atoms with Crippen LogP contribution in [0.4, 0.5) is 0 Å². The average molecular weight is 243 g/mol. The molecule has 17 heavy (non-hydrogen) atoms. The molecule has 0 saturated carbocycles. The third kappa shape index (κ3) is 5.45. The van der Waals surface area contributed by atoms with Crippen LogP contribution in [-0.4, -0.2) is 63.2 Å². The van der Waals surface area contributed by atoms with Gasteiger partial charge in [-0.15, -0.1) is 0 Å². The van der Waals surface area contributed by atoms with Gasteiger partial charge in [-0.05, 0) is 12.5 Å². The number of amides is 1. The molecule has 1 rings (SSSR count). The Morgan fingerprint density at radius 3 is 2.47 bits per heavy atom. The smallest absolute Gasteiger partial charge is 0.223 e. The zero-order valence-corrected chi connectivity index (χ0v) is 10.5. The Morgan fingerprint density at radius 1 is 1.18 bits per heavy atom. The van der Waals surface area contributed by atoms with E-state index in [0.29, 0.717) is 25.4 Å². The van der Waals surface area contributed by atoms with Crippen molar-refractivity contribution in [2.75, 3.05) is 52.4 Å². The van der Waals surface area contributed by atoms with Gasteiger partial charge in [0.1, 0.15) is 0 Å². The third-order valence-corrected chi connectivity index (χ3v) is 2.99. The molecule has 1 atom stereocenters. The summed E-state index contributed by atoms with van der Waals surface area (Å²) >= 11 is 0. The monoisotopic (exact) mass is 243 g/mol. The number of hydrogen-bond donors (Lipinski definition) is 4. The van der Waals surface area contributed by atoms with E-state index < -0.39 is 0 Å². The normalized spacial score (nSPS) is 20.2. The van der Waals surface area contributed by atoms with Gasteiger partial charge in [-0.2, -0.15) is 0 Å². The van der Waals surface area contributed by atoms with Crippen LogP contribution in [0.3, 0.4) is 0 Å². The number of likely N-dealkylation sites (tertiary alicyclic amines) is 1. The van der Waals surface area contributed by atoms with E-state index in [0.717, 1.165) is 39.3 Å². The summed E-state index contributed by atoms with van der Waals surface area (Å²) in [5, 5.41) is 6.50. The zero-order valence-electron chi connectivity index (χ0n) is 10.5. The van der Waals surface area contributed by atoms with Crippen molar-refractivity contribution in [2.24, 2.45) is 17.4 Å². The quantitative estimate of drug-likeness (QED) is 0.349. The molecule has 1 unspecified atom stereocenters. The lowest BCUT2D eigenvalue weighted by atomic mass is 10.1. The second-order valence-electron chi connectivity index (χ2n) is 4.43. The third-order valence-electron chi connectivity index (χ3n) is 2.99. The maximum absolute atomic E-state index is 11.6. The highest BCUT2D eigenvalue weighted by Crippen LogP contribution is 2.15. The molecule has 1 aliphatic heterocycles. The van der Waals surface area contributed by atoms with Crippen LogP contribution in [0.15, 0.2) is 0 Å². The standard InChI is InChI=1S/C11H25N5O/c12-1-2-14-3-4-15-5-6-16-9-10(8-13)7-11(16)17/h10,14-15H,1-9,12-13H2. The molecule has 1 amide bonds. The van der Waals surface area contributed by atoms with E-state index in [4.69, 9.17) is 11.5 Å². The fourth-order valence-corrected chi connectivity index (χ4v) is 1.97. The van der Waals surface area contributed by atoms with Gasteiger partial charge < -0.3 is 27.0 Å². The highest BCUT2D eigenvalue weighted by Gasteiger charge is 2.27. The van der Waals surface area contributed by atoms with Gasteiger partial charge in [0.25, 0.3) is 0 Å². The maximum Gasteiger partial charge on any atom is 0.223 e. The summed E-state index contributed by atoms with van der Waals surface area (Å²) in [6, 6.07) is 0. The van der Waals surface area contributed by atoms with Crippen LogP contribution in [0, 0.1) is 5.92 Å². The Kier molecular flexibility index (Phi) is 7.11. The van der Waals surface area contributed by atoms with Gasteiger partial charge in [0.15, 0.2) is 0 Å². The second kappa shape index (κ2) is 8.41. The van der Waals surface area contributed by atoms with Crippen LogP contribution >= 0.6 is 0 Å². The summed E-state index contributed by atoms with van der Waals surface area (Å²) in [6.07, 6.45) is 0.620. The number of carbonyl (C=O) groups is 1. The van der Waals surface area contributed by atoms with Crippen molar-refractivity contribution in [1.29, 1.82) is 0 Å². The van der Waals surface area contributed by atoms with Gasteiger partial charge in [-0.3, -0.25) is 4.79 Å². The lowest BCUT2D eigenvalue weighted by molar-refractivity contribution is -0.127. The van der Waals surface area contributed by atoms with E-state index in [1.807, 2.05) is 4.90 Å². The fourth-order valence-electron chi connectivity index (χ4n) is 1.97. The minimum Gasteiger partial charge on any atom is -0.341 e. The molecule has 0 aromatic rings. The second-order valence-corrected chi connectivity index (χ2v) is 4.43. The van der Waals surface area contributed by atoms with Crippen molar-refractivity contribution in [3.05, 3.63) is 0 Å².